The fourth-order valence-electron chi connectivity index (χ4n) is 2.76. The summed E-state index contributed by atoms with van der Waals surface area (Å²) in [6, 6.07) is 0. The van der Waals surface area contributed by atoms with Crippen molar-refractivity contribution in [2.45, 2.75) is 116 Å². The lowest BCUT2D eigenvalue weighted by Gasteiger charge is -2.15. The van der Waals surface area contributed by atoms with Crippen molar-refractivity contribution in [1.82, 2.24) is 0 Å². The van der Waals surface area contributed by atoms with Crippen LogP contribution in [0.3, 0.4) is 0 Å². The molecule has 24 heavy (non-hydrogen) atoms. The number of hydrogen-bond donors (Lipinski definition) is 0. The zero-order valence-electron chi connectivity index (χ0n) is 16.6. The maximum Gasteiger partial charge on any atom is 0.101 e. The van der Waals surface area contributed by atoms with Crippen LogP contribution in [0.2, 0.25) is 0 Å². The van der Waals surface area contributed by atoms with E-state index in [0.717, 1.165) is 19.3 Å². The highest BCUT2D eigenvalue weighted by Crippen LogP contribution is 2.13. The van der Waals surface area contributed by atoms with Gasteiger partial charge < -0.3 is 4.74 Å². The second-order valence-electron chi connectivity index (χ2n) is 6.88. The molecule has 0 N–H and O–H groups in total. The lowest BCUT2D eigenvalue weighted by atomic mass is 10.1. The minimum atomic E-state index is 0.363. The molecule has 0 aliphatic rings. The Bertz CT molecular complexity index is 280. The van der Waals surface area contributed by atoms with Crippen molar-refractivity contribution >= 4 is 0 Å². The van der Waals surface area contributed by atoms with Crippen LogP contribution in [0.15, 0.2) is 24.5 Å². The van der Waals surface area contributed by atoms with Crippen molar-refractivity contribution in [3.63, 3.8) is 0 Å². The molecule has 0 aromatic rings. The maximum absolute atomic E-state index is 5.99. The molecule has 0 aliphatic carbocycles. The van der Waals surface area contributed by atoms with Gasteiger partial charge in [-0.2, -0.15) is 0 Å². The Morgan fingerprint density at radius 1 is 0.750 bits per heavy atom. The largest absolute Gasteiger partial charge is 0.498 e. The van der Waals surface area contributed by atoms with Crippen LogP contribution in [0, 0.1) is 6.92 Å². The molecule has 0 fully saturated rings. The molecule has 0 spiro atoms. The molecule has 1 nitrogen and oxygen atoms in total. The highest BCUT2D eigenvalue weighted by atomic mass is 16.5. The molecule has 1 heteroatoms. The van der Waals surface area contributed by atoms with Gasteiger partial charge in [-0.05, 0) is 44.6 Å². The maximum atomic E-state index is 5.99. The van der Waals surface area contributed by atoms with Gasteiger partial charge in [-0.15, -0.1) is 0 Å². The third-order valence-electron chi connectivity index (χ3n) is 4.41. The topological polar surface area (TPSA) is 9.23 Å². The lowest BCUT2D eigenvalue weighted by molar-refractivity contribution is 0.134. The van der Waals surface area contributed by atoms with Crippen LogP contribution in [0.25, 0.3) is 0 Å². The third-order valence-corrected chi connectivity index (χ3v) is 4.41. The first kappa shape index (κ1) is 23.3. The van der Waals surface area contributed by atoms with Gasteiger partial charge in [0.2, 0.25) is 0 Å². The molecule has 0 unspecified atom stereocenters. The Labute approximate surface area is 153 Å². The molecule has 0 saturated carbocycles. The van der Waals surface area contributed by atoms with Gasteiger partial charge in [-0.3, -0.25) is 0 Å². The van der Waals surface area contributed by atoms with Crippen molar-refractivity contribution < 1.29 is 4.74 Å². The number of allylic oxidation sites excluding steroid dienone is 2. The summed E-state index contributed by atoms with van der Waals surface area (Å²) in [4.78, 5) is 0. The van der Waals surface area contributed by atoms with E-state index in [4.69, 9.17) is 4.74 Å². The third kappa shape index (κ3) is 17.6. The minimum absolute atomic E-state index is 0.363. The summed E-state index contributed by atoms with van der Waals surface area (Å²) in [6.45, 7) is 8.40. The van der Waals surface area contributed by atoms with Crippen LogP contribution in [0.4, 0.5) is 0 Å². The summed E-state index contributed by atoms with van der Waals surface area (Å²) in [6.07, 6.45) is 27.9. The summed E-state index contributed by atoms with van der Waals surface area (Å²) in [7, 11) is 0. The molecule has 141 valence electrons. The average Bonchev–Trinajstić information content (AvgIpc) is 2.60. The Balaban J connectivity index is 3.92. The summed E-state index contributed by atoms with van der Waals surface area (Å²) >= 11 is 0. The normalized spacial score (nSPS) is 13.1. The Morgan fingerprint density at radius 2 is 1.46 bits per heavy atom. The lowest BCUT2D eigenvalue weighted by Crippen LogP contribution is -2.08. The standard InChI is InChI=1S/C23H43O/c1-4-7-10-13-14-15-16-18-21-23(20-17-11-8-5-2)24-22-19-12-9-6-3/h16,18-19,22-23H,1,4-15,17,20-21H2,2-3H3/b18-16-,22-19?/t23-/m1/s1. The molecular formula is C23H43O. The first-order valence-corrected chi connectivity index (χ1v) is 10.6. The van der Waals surface area contributed by atoms with E-state index in [1.807, 2.05) is 6.26 Å². The highest BCUT2D eigenvalue weighted by molar-refractivity contribution is 4.86. The van der Waals surface area contributed by atoms with Crippen molar-refractivity contribution in [2.24, 2.45) is 0 Å². The number of unbranched alkanes of at least 4 members (excludes halogenated alkanes) is 10. The van der Waals surface area contributed by atoms with Crippen LogP contribution in [-0.4, -0.2) is 6.10 Å². The van der Waals surface area contributed by atoms with E-state index in [-0.39, 0.29) is 0 Å². The van der Waals surface area contributed by atoms with Crippen LogP contribution < -0.4 is 0 Å². The van der Waals surface area contributed by atoms with E-state index in [1.165, 1.54) is 77.0 Å². The molecule has 0 amide bonds. The van der Waals surface area contributed by atoms with Gasteiger partial charge in [-0.1, -0.05) is 84.3 Å². The molecule has 0 heterocycles. The van der Waals surface area contributed by atoms with E-state index in [9.17, 15) is 0 Å². The fourth-order valence-corrected chi connectivity index (χ4v) is 2.76. The highest BCUT2D eigenvalue weighted by Gasteiger charge is 2.05. The van der Waals surface area contributed by atoms with E-state index in [1.54, 1.807) is 0 Å². The van der Waals surface area contributed by atoms with E-state index >= 15 is 0 Å². The van der Waals surface area contributed by atoms with Gasteiger partial charge in [0.1, 0.15) is 6.10 Å². The molecule has 0 aliphatic heterocycles. The van der Waals surface area contributed by atoms with E-state index in [2.05, 4.69) is 39.0 Å². The quantitative estimate of drug-likeness (QED) is 0.139. The van der Waals surface area contributed by atoms with Gasteiger partial charge in [0.05, 0.1) is 6.26 Å². The Hall–Kier alpha value is -0.720. The monoisotopic (exact) mass is 335 g/mol. The van der Waals surface area contributed by atoms with Crippen molar-refractivity contribution in [2.75, 3.05) is 0 Å². The average molecular weight is 336 g/mol. The van der Waals surface area contributed by atoms with Crippen LogP contribution in [-0.2, 0) is 4.74 Å². The minimum Gasteiger partial charge on any atom is -0.498 e. The predicted octanol–water partition coefficient (Wildman–Crippen LogP) is 8.17. The summed E-state index contributed by atoms with van der Waals surface area (Å²) in [5, 5.41) is 0. The molecular weight excluding hydrogens is 292 g/mol. The van der Waals surface area contributed by atoms with Crippen LogP contribution in [0.5, 0.6) is 0 Å². The SMILES string of the molecule is [CH2]CCCCCC/C=C\C[C@@H](CCCCCC)OC=CCCCC. The summed E-state index contributed by atoms with van der Waals surface area (Å²) < 4.78 is 5.99. The van der Waals surface area contributed by atoms with Gasteiger partial charge in [0, 0.05) is 6.42 Å². The van der Waals surface area contributed by atoms with E-state index in [0.29, 0.717) is 6.10 Å². The molecule has 0 saturated heterocycles. The zero-order chi connectivity index (χ0) is 17.7. The molecule has 1 atom stereocenters. The number of hydrogen-bond acceptors (Lipinski definition) is 1. The number of ether oxygens (including phenoxy) is 1. The van der Waals surface area contributed by atoms with Crippen LogP contribution in [0.1, 0.15) is 110 Å². The summed E-state index contributed by atoms with van der Waals surface area (Å²) in [5.74, 6) is 0. The van der Waals surface area contributed by atoms with Gasteiger partial charge >= 0.3 is 0 Å². The van der Waals surface area contributed by atoms with Gasteiger partial charge in [0.15, 0.2) is 0 Å². The molecule has 1 radical (unpaired) electrons. The van der Waals surface area contributed by atoms with Crippen molar-refractivity contribution in [1.29, 1.82) is 0 Å². The first-order valence-electron chi connectivity index (χ1n) is 10.6. The van der Waals surface area contributed by atoms with Crippen LogP contribution >= 0.6 is 0 Å². The van der Waals surface area contributed by atoms with Gasteiger partial charge in [0.25, 0.3) is 0 Å². The molecule has 0 bridgehead atoms. The zero-order valence-corrected chi connectivity index (χ0v) is 16.6. The predicted molar refractivity (Wildman–Crippen MR) is 109 cm³/mol. The van der Waals surface area contributed by atoms with Crippen molar-refractivity contribution in [3.05, 3.63) is 31.4 Å². The smallest absolute Gasteiger partial charge is 0.101 e. The van der Waals surface area contributed by atoms with E-state index < -0.39 is 0 Å². The summed E-state index contributed by atoms with van der Waals surface area (Å²) in [5.41, 5.74) is 0. The number of rotatable bonds is 18. The first-order chi connectivity index (χ1) is 11.8. The van der Waals surface area contributed by atoms with Crippen molar-refractivity contribution in [3.8, 4) is 0 Å². The Morgan fingerprint density at radius 3 is 2.21 bits per heavy atom. The van der Waals surface area contributed by atoms with Gasteiger partial charge in [-0.25, -0.2) is 0 Å². The molecule has 0 rings (SSSR count). The fraction of sp³-hybridized carbons (Fsp3) is 0.783. The second kappa shape index (κ2) is 20.3. The second-order valence-corrected chi connectivity index (χ2v) is 6.88. The molecule has 0 aromatic carbocycles. The Kier molecular flexibility index (Phi) is 19.7. The molecule has 0 aromatic heterocycles.